The first-order valence-corrected chi connectivity index (χ1v) is 9.28. The Bertz CT molecular complexity index is 870. The number of ether oxygens (including phenoxy) is 4. The molecular weight excluding hydrogens is 382 g/mol. The summed E-state index contributed by atoms with van der Waals surface area (Å²) in [6.07, 6.45) is -1.84. The van der Waals surface area contributed by atoms with Gasteiger partial charge < -0.3 is 23.8 Å². The van der Waals surface area contributed by atoms with Gasteiger partial charge in [0.1, 0.15) is 12.2 Å². The number of nitrogens with zero attached hydrogens (tertiary/aromatic N) is 1. The maximum absolute atomic E-state index is 13.4. The number of benzene rings is 1. The Balaban J connectivity index is 1.82. The smallest absolute Gasteiger partial charge is 0.312 e. The molecule has 6 atom stereocenters. The average molecular weight is 403 g/mol. The topological polar surface area (TPSA) is 108 Å². The molecule has 2 aliphatic heterocycles. The van der Waals surface area contributed by atoms with Crippen molar-refractivity contribution in [1.82, 2.24) is 0 Å². The van der Waals surface area contributed by atoms with E-state index in [0.717, 1.165) is 0 Å². The number of methoxy groups -OCH3 is 1. The molecule has 154 valence electrons. The molecule has 2 bridgehead atoms. The van der Waals surface area contributed by atoms with Gasteiger partial charge in [0.2, 0.25) is 11.7 Å². The van der Waals surface area contributed by atoms with Crippen LogP contribution in [-0.4, -0.2) is 55.5 Å². The molecule has 29 heavy (non-hydrogen) atoms. The normalized spacial score (nSPS) is 34.7. The van der Waals surface area contributed by atoms with Crippen LogP contribution in [0.4, 0.5) is 5.69 Å². The Morgan fingerprint density at radius 3 is 2.41 bits per heavy atom. The Morgan fingerprint density at radius 1 is 1.14 bits per heavy atom. The lowest BCUT2D eigenvalue weighted by Crippen LogP contribution is -2.66. The molecule has 3 fully saturated rings. The summed E-state index contributed by atoms with van der Waals surface area (Å²) >= 11 is 0. The number of esters is 3. The zero-order valence-electron chi connectivity index (χ0n) is 16.2. The van der Waals surface area contributed by atoms with E-state index in [4.69, 9.17) is 18.9 Å². The van der Waals surface area contributed by atoms with E-state index in [-0.39, 0.29) is 12.5 Å². The number of amides is 1. The second-order valence-corrected chi connectivity index (χ2v) is 7.42. The first-order chi connectivity index (χ1) is 13.8. The Kier molecular flexibility index (Phi) is 4.57. The maximum atomic E-state index is 13.4. The van der Waals surface area contributed by atoms with Crippen LogP contribution in [0.25, 0.3) is 0 Å². The number of para-hydroxylation sites is 1. The van der Waals surface area contributed by atoms with Crippen LogP contribution in [0.2, 0.25) is 0 Å². The van der Waals surface area contributed by atoms with Crippen LogP contribution in [0.5, 0.6) is 0 Å². The molecule has 9 heteroatoms. The van der Waals surface area contributed by atoms with E-state index in [1.54, 1.807) is 24.3 Å². The van der Waals surface area contributed by atoms with E-state index in [2.05, 4.69) is 0 Å². The highest BCUT2D eigenvalue weighted by Gasteiger charge is 2.77. The van der Waals surface area contributed by atoms with E-state index in [1.165, 1.54) is 25.9 Å². The number of anilines is 1. The van der Waals surface area contributed by atoms with Crippen LogP contribution in [0.1, 0.15) is 13.8 Å². The molecule has 3 aliphatic rings. The number of carbonyl (C=O) groups is 4. The van der Waals surface area contributed by atoms with Crippen molar-refractivity contribution in [1.29, 1.82) is 0 Å². The molecule has 1 saturated carbocycles. The number of piperidine rings is 1. The van der Waals surface area contributed by atoms with Gasteiger partial charge >= 0.3 is 17.9 Å². The summed E-state index contributed by atoms with van der Waals surface area (Å²) in [6, 6.07) is 8.82. The van der Waals surface area contributed by atoms with Gasteiger partial charge in [-0.2, -0.15) is 0 Å². The van der Waals surface area contributed by atoms with Crippen LogP contribution in [0.3, 0.4) is 0 Å². The van der Waals surface area contributed by atoms with Crippen molar-refractivity contribution in [2.75, 3.05) is 18.6 Å². The summed E-state index contributed by atoms with van der Waals surface area (Å²) in [5.41, 5.74) is 0.578. The van der Waals surface area contributed by atoms with Crippen LogP contribution < -0.4 is 4.90 Å². The highest BCUT2D eigenvalue weighted by Crippen LogP contribution is 2.59. The van der Waals surface area contributed by atoms with Gasteiger partial charge in [0, 0.05) is 19.5 Å². The van der Waals surface area contributed by atoms with Gasteiger partial charge in [-0.3, -0.25) is 19.2 Å². The quantitative estimate of drug-likeness (QED) is 0.533. The van der Waals surface area contributed by atoms with Gasteiger partial charge in [-0.15, -0.1) is 0 Å². The summed E-state index contributed by atoms with van der Waals surface area (Å²) in [5.74, 6) is -6.37. The SMILES string of the molecule is COC(=O)C1[C@H]2C(=O)N(c3ccccc3)C[C@@]3(OC(C)=O)O[C@@H]1[C@@H](OC(C)=O)[C@@H]23. The molecule has 1 aromatic carbocycles. The minimum Gasteiger partial charge on any atom is -0.469 e. The summed E-state index contributed by atoms with van der Waals surface area (Å²) in [5, 5.41) is 0. The first kappa shape index (κ1) is 19.4. The van der Waals surface area contributed by atoms with Gasteiger partial charge in [0.15, 0.2) is 0 Å². The fraction of sp³-hybridized carbons (Fsp3) is 0.500. The minimum atomic E-state index is -1.52. The summed E-state index contributed by atoms with van der Waals surface area (Å²) in [6.45, 7) is 2.40. The van der Waals surface area contributed by atoms with Crippen LogP contribution >= 0.6 is 0 Å². The van der Waals surface area contributed by atoms with E-state index in [9.17, 15) is 19.2 Å². The van der Waals surface area contributed by atoms with Gasteiger partial charge in [0.25, 0.3) is 0 Å². The van der Waals surface area contributed by atoms with Gasteiger partial charge in [-0.1, -0.05) is 18.2 Å². The highest BCUT2D eigenvalue weighted by atomic mass is 16.7. The highest BCUT2D eigenvalue weighted by molar-refractivity contribution is 6.00. The third kappa shape index (κ3) is 2.88. The van der Waals surface area contributed by atoms with E-state index < -0.39 is 53.7 Å². The van der Waals surface area contributed by atoms with Crippen molar-refractivity contribution in [2.24, 2.45) is 17.8 Å². The molecule has 1 aromatic rings. The van der Waals surface area contributed by atoms with E-state index >= 15 is 0 Å². The van der Waals surface area contributed by atoms with Crippen molar-refractivity contribution < 1.29 is 38.1 Å². The Labute approximate surface area is 166 Å². The average Bonchev–Trinajstić information content (AvgIpc) is 3.14. The number of hydrogen-bond donors (Lipinski definition) is 0. The molecule has 2 saturated heterocycles. The molecular formula is C20H21NO8. The lowest BCUT2D eigenvalue weighted by Gasteiger charge is -2.49. The number of hydrogen-bond acceptors (Lipinski definition) is 8. The van der Waals surface area contributed by atoms with E-state index in [0.29, 0.717) is 5.69 Å². The lowest BCUT2D eigenvalue weighted by molar-refractivity contribution is -0.268. The van der Waals surface area contributed by atoms with Crippen LogP contribution in [-0.2, 0) is 38.1 Å². The summed E-state index contributed by atoms with van der Waals surface area (Å²) in [7, 11) is 1.22. The molecule has 1 aliphatic carbocycles. The Morgan fingerprint density at radius 2 is 1.83 bits per heavy atom. The first-order valence-electron chi connectivity index (χ1n) is 9.28. The van der Waals surface area contributed by atoms with Crippen molar-refractivity contribution in [3.05, 3.63) is 30.3 Å². The third-order valence-electron chi connectivity index (χ3n) is 5.74. The zero-order valence-corrected chi connectivity index (χ0v) is 16.2. The lowest BCUT2D eigenvalue weighted by atomic mass is 9.77. The van der Waals surface area contributed by atoms with Crippen LogP contribution in [0, 0.1) is 17.8 Å². The molecule has 4 rings (SSSR count). The minimum absolute atomic E-state index is 0.0707. The molecule has 1 unspecified atom stereocenters. The fourth-order valence-electron chi connectivity index (χ4n) is 4.88. The molecule has 9 nitrogen and oxygen atoms in total. The molecule has 0 N–H and O–H groups in total. The van der Waals surface area contributed by atoms with Crippen LogP contribution in [0.15, 0.2) is 30.3 Å². The third-order valence-corrected chi connectivity index (χ3v) is 5.74. The van der Waals surface area contributed by atoms with Crippen molar-refractivity contribution in [3.63, 3.8) is 0 Å². The zero-order chi connectivity index (χ0) is 20.9. The van der Waals surface area contributed by atoms with Crippen molar-refractivity contribution >= 4 is 29.5 Å². The fourth-order valence-corrected chi connectivity index (χ4v) is 4.88. The number of fused-ring (bicyclic) bond motifs is 1. The van der Waals surface area contributed by atoms with Gasteiger partial charge in [-0.05, 0) is 12.1 Å². The maximum Gasteiger partial charge on any atom is 0.312 e. The van der Waals surface area contributed by atoms with Crippen molar-refractivity contribution in [3.8, 4) is 0 Å². The second-order valence-electron chi connectivity index (χ2n) is 7.42. The van der Waals surface area contributed by atoms with E-state index in [1.807, 2.05) is 6.07 Å². The standard InChI is InChI=1S/C20H21NO8/c1-10(22)27-17-15-13-14(19(25)26-3)16(17)29-20(15,28-11(2)23)9-21(18(13)24)12-7-5-4-6-8-12/h4-8,13-17H,9H2,1-3H3/t13-,14?,15-,16+,17+,20-/m1/s1. The predicted molar refractivity (Wildman–Crippen MR) is 96.2 cm³/mol. The van der Waals surface area contributed by atoms with Crippen molar-refractivity contribution in [2.45, 2.75) is 31.8 Å². The molecule has 1 amide bonds. The summed E-state index contributed by atoms with van der Waals surface area (Å²) in [4.78, 5) is 51.0. The summed E-state index contributed by atoms with van der Waals surface area (Å²) < 4.78 is 22.0. The molecule has 0 aromatic heterocycles. The monoisotopic (exact) mass is 403 g/mol. The Hall–Kier alpha value is -2.94. The number of carbonyl (C=O) groups excluding carboxylic acids is 4. The predicted octanol–water partition coefficient (Wildman–Crippen LogP) is 0.658. The molecule has 0 radical (unpaired) electrons. The number of rotatable bonds is 4. The molecule has 0 spiro atoms. The van der Waals surface area contributed by atoms with Gasteiger partial charge in [0.05, 0.1) is 31.4 Å². The second kappa shape index (κ2) is 6.84. The van der Waals surface area contributed by atoms with Gasteiger partial charge in [-0.25, -0.2) is 0 Å². The largest absolute Gasteiger partial charge is 0.469 e. The molecule has 2 heterocycles.